The van der Waals surface area contributed by atoms with Crippen LogP contribution < -0.4 is 0 Å². The van der Waals surface area contributed by atoms with Gasteiger partial charge in [-0.1, -0.05) is 12.8 Å². The van der Waals surface area contributed by atoms with Gasteiger partial charge in [-0.2, -0.15) is 0 Å². The number of carboxylic acid groups (broad SMARTS) is 1. The molecule has 2 aromatic heterocycles. The summed E-state index contributed by atoms with van der Waals surface area (Å²) in [6.07, 6.45) is 7.89. The van der Waals surface area contributed by atoms with Gasteiger partial charge in [-0.25, -0.2) is 9.97 Å². The fourth-order valence-corrected chi connectivity index (χ4v) is 3.64. The number of carbonyl (C=O) groups is 1. The molecule has 21 heavy (non-hydrogen) atoms. The number of imidazole rings is 1. The van der Waals surface area contributed by atoms with E-state index < -0.39 is 5.97 Å². The minimum atomic E-state index is -0.679. The summed E-state index contributed by atoms with van der Waals surface area (Å²) in [5.74, 6) is 0.0134. The number of hydrogen-bond donors (Lipinski definition) is 1. The zero-order valence-corrected chi connectivity index (χ0v) is 11.9. The first-order chi connectivity index (χ1) is 10.3. The first kappa shape index (κ1) is 12.8. The maximum atomic E-state index is 11.6. The number of pyridine rings is 1. The highest BCUT2D eigenvalue weighted by Gasteiger charge is 2.38. The van der Waals surface area contributed by atoms with E-state index in [0.717, 1.165) is 55.5 Å². The Balaban J connectivity index is 1.84. The van der Waals surface area contributed by atoms with Crippen LogP contribution in [0, 0.1) is 5.92 Å². The van der Waals surface area contributed by atoms with Gasteiger partial charge in [0.15, 0.2) is 5.65 Å². The van der Waals surface area contributed by atoms with E-state index in [9.17, 15) is 9.90 Å². The van der Waals surface area contributed by atoms with Crippen LogP contribution in [0.3, 0.4) is 0 Å². The lowest BCUT2D eigenvalue weighted by molar-refractivity contribution is -0.143. The van der Waals surface area contributed by atoms with Crippen molar-refractivity contribution >= 4 is 17.1 Å². The standard InChI is InChI=1S/C16H19N3O2/c20-16(21)12-5-2-1-4-11(12)14-18-13-6-3-9-17-15(13)19(14)10-7-8-10/h3,6,9-12H,1-2,4-5,7-8H2,(H,20,21). The van der Waals surface area contributed by atoms with Crippen molar-refractivity contribution in [2.45, 2.75) is 50.5 Å². The predicted molar refractivity (Wildman–Crippen MR) is 78.1 cm³/mol. The maximum absolute atomic E-state index is 11.6. The topological polar surface area (TPSA) is 68.0 Å². The average molecular weight is 285 g/mol. The molecule has 2 atom stereocenters. The molecular weight excluding hydrogens is 266 g/mol. The van der Waals surface area contributed by atoms with Crippen LogP contribution in [0.25, 0.3) is 11.2 Å². The molecule has 110 valence electrons. The lowest BCUT2D eigenvalue weighted by atomic mass is 9.78. The minimum absolute atomic E-state index is 0.0334. The maximum Gasteiger partial charge on any atom is 0.307 e. The first-order valence-corrected chi connectivity index (χ1v) is 7.81. The normalized spacial score (nSPS) is 26.1. The molecule has 0 radical (unpaired) electrons. The molecule has 0 saturated heterocycles. The second-order valence-electron chi connectivity index (χ2n) is 6.25. The highest BCUT2D eigenvalue weighted by atomic mass is 16.4. The van der Waals surface area contributed by atoms with E-state index in [1.165, 1.54) is 0 Å². The van der Waals surface area contributed by atoms with Crippen molar-refractivity contribution in [1.29, 1.82) is 0 Å². The molecule has 2 heterocycles. The second-order valence-corrected chi connectivity index (χ2v) is 6.25. The van der Waals surface area contributed by atoms with E-state index in [1.54, 1.807) is 6.20 Å². The lowest BCUT2D eigenvalue weighted by Crippen LogP contribution is -2.27. The number of aliphatic carboxylic acids is 1. The van der Waals surface area contributed by atoms with Gasteiger partial charge >= 0.3 is 5.97 Å². The van der Waals surface area contributed by atoms with Gasteiger partial charge in [0.05, 0.1) is 5.92 Å². The number of carboxylic acids is 1. The Hall–Kier alpha value is -1.91. The fraction of sp³-hybridized carbons (Fsp3) is 0.562. The van der Waals surface area contributed by atoms with Gasteiger partial charge in [0.2, 0.25) is 0 Å². The van der Waals surface area contributed by atoms with Gasteiger partial charge in [-0.3, -0.25) is 4.79 Å². The van der Waals surface area contributed by atoms with Crippen LogP contribution >= 0.6 is 0 Å². The van der Waals surface area contributed by atoms with Crippen molar-refractivity contribution < 1.29 is 9.90 Å². The summed E-state index contributed by atoms with van der Waals surface area (Å²) in [4.78, 5) is 20.8. The van der Waals surface area contributed by atoms with Crippen LogP contribution in [0.5, 0.6) is 0 Å². The average Bonchev–Trinajstić information content (AvgIpc) is 3.27. The van der Waals surface area contributed by atoms with E-state index in [4.69, 9.17) is 4.98 Å². The summed E-state index contributed by atoms with van der Waals surface area (Å²) < 4.78 is 2.22. The highest BCUT2D eigenvalue weighted by Crippen LogP contribution is 2.44. The monoisotopic (exact) mass is 285 g/mol. The van der Waals surface area contributed by atoms with Gasteiger partial charge in [0.1, 0.15) is 11.3 Å². The molecule has 0 amide bonds. The third-order valence-corrected chi connectivity index (χ3v) is 4.80. The van der Waals surface area contributed by atoms with Crippen LogP contribution in [0.2, 0.25) is 0 Å². The molecule has 2 saturated carbocycles. The van der Waals surface area contributed by atoms with Crippen LogP contribution in [0.1, 0.15) is 56.3 Å². The Kier molecular flexibility index (Phi) is 2.94. The molecule has 5 heteroatoms. The van der Waals surface area contributed by atoms with Crippen molar-refractivity contribution in [2.24, 2.45) is 5.92 Å². The van der Waals surface area contributed by atoms with Crippen LogP contribution in [0.4, 0.5) is 0 Å². The van der Waals surface area contributed by atoms with Crippen molar-refractivity contribution in [3.8, 4) is 0 Å². The Morgan fingerprint density at radius 2 is 2.05 bits per heavy atom. The van der Waals surface area contributed by atoms with Crippen LogP contribution in [-0.2, 0) is 4.79 Å². The zero-order chi connectivity index (χ0) is 14.4. The Morgan fingerprint density at radius 1 is 1.24 bits per heavy atom. The SMILES string of the molecule is O=C(O)C1CCCCC1c1nc2cccnc2n1C1CC1. The zero-order valence-electron chi connectivity index (χ0n) is 11.9. The molecule has 2 aliphatic rings. The van der Waals surface area contributed by atoms with Crippen LogP contribution in [-0.4, -0.2) is 25.6 Å². The molecule has 0 aliphatic heterocycles. The molecule has 4 rings (SSSR count). The Morgan fingerprint density at radius 3 is 2.81 bits per heavy atom. The van der Waals surface area contributed by atoms with E-state index in [2.05, 4.69) is 9.55 Å². The largest absolute Gasteiger partial charge is 0.481 e. The molecular formula is C16H19N3O2. The van der Waals surface area contributed by atoms with E-state index in [-0.39, 0.29) is 11.8 Å². The van der Waals surface area contributed by atoms with E-state index in [1.807, 2.05) is 12.1 Å². The quantitative estimate of drug-likeness (QED) is 0.940. The van der Waals surface area contributed by atoms with Crippen LogP contribution in [0.15, 0.2) is 18.3 Å². The summed E-state index contributed by atoms with van der Waals surface area (Å²) in [7, 11) is 0. The molecule has 1 N–H and O–H groups in total. The molecule has 0 spiro atoms. The molecule has 2 aliphatic carbocycles. The number of aromatic nitrogens is 3. The third kappa shape index (κ3) is 2.11. The molecule has 2 aromatic rings. The molecule has 5 nitrogen and oxygen atoms in total. The van der Waals surface area contributed by atoms with E-state index in [0.29, 0.717) is 6.04 Å². The molecule has 0 bridgehead atoms. The van der Waals surface area contributed by atoms with Gasteiger partial charge in [-0.15, -0.1) is 0 Å². The van der Waals surface area contributed by atoms with Crippen molar-refractivity contribution in [2.75, 3.05) is 0 Å². The summed E-state index contributed by atoms with van der Waals surface area (Å²) in [6.45, 7) is 0. The Bertz CT molecular complexity index is 690. The minimum Gasteiger partial charge on any atom is -0.481 e. The number of nitrogens with zero attached hydrogens (tertiary/aromatic N) is 3. The molecule has 2 fully saturated rings. The number of rotatable bonds is 3. The molecule has 0 aromatic carbocycles. The first-order valence-electron chi connectivity index (χ1n) is 7.81. The molecule has 2 unspecified atom stereocenters. The fourth-order valence-electron chi connectivity index (χ4n) is 3.64. The summed E-state index contributed by atoms with van der Waals surface area (Å²) in [5.41, 5.74) is 1.82. The van der Waals surface area contributed by atoms with E-state index >= 15 is 0 Å². The predicted octanol–water partition coefficient (Wildman–Crippen LogP) is 3.12. The lowest BCUT2D eigenvalue weighted by Gasteiger charge is -2.28. The summed E-state index contributed by atoms with van der Waals surface area (Å²) >= 11 is 0. The van der Waals surface area contributed by atoms with Crippen molar-refractivity contribution in [1.82, 2.24) is 14.5 Å². The van der Waals surface area contributed by atoms with Gasteiger partial charge in [0.25, 0.3) is 0 Å². The van der Waals surface area contributed by atoms with Crippen molar-refractivity contribution in [3.05, 3.63) is 24.2 Å². The summed E-state index contributed by atoms with van der Waals surface area (Å²) in [5, 5.41) is 9.54. The summed E-state index contributed by atoms with van der Waals surface area (Å²) in [6, 6.07) is 4.34. The van der Waals surface area contributed by atoms with Gasteiger partial charge in [0, 0.05) is 18.2 Å². The van der Waals surface area contributed by atoms with Crippen molar-refractivity contribution in [3.63, 3.8) is 0 Å². The Labute approximate surface area is 123 Å². The smallest absolute Gasteiger partial charge is 0.307 e. The van der Waals surface area contributed by atoms with Gasteiger partial charge < -0.3 is 9.67 Å². The highest BCUT2D eigenvalue weighted by molar-refractivity contribution is 5.74. The second kappa shape index (κ2) is 4.83. The van der Waals surface area contributed by atoms with Gasteiger partial charge in [-0.05, 0) is 37.8 Å². The number of hydrogen-bond acceptors (Lipinski definition) is 3. The number of fused-ring (bicyclic) bond motifs is 1. The third-order valence-electron chi connectivity index (χ3n) is 4.80.